The summed E-state index contributed by atoms with van der Waals surface area (Å²) in [5, 5.41) is 8.64. The topological polar surface area (TPSA) is 30.3 Å². The van der Waals surface area contributed by atoms with Gasteiger partial charge >= 0.3 is 0 Å². The van der Waals surface area contributed by atoms with Crippen LogP contribution in [0.3, 0.4) is 0 Å². The molecule has 0 bridgehead atoms. The van der Waals surface area contributed by atoms with Gasteiger partial charge in [-0.3, -0.25) is 4.90 Å². The zero-order valence-electron chi connectivity index (χ0n) is 9.95. The molecule has 1 unspecified atom stereocenters. The van der Waals surface area contributed by atoms with E-state index in [1.54, 1.807) is 0 Å². The van der Waals surface area contributed by atoms with Crippen LogP contribution in [0.15, 0.2) is 0 Å². The molecule has 0 aliphatic heterocycles. The molecule has 3 nitrogen and oxygen atoms in total. The number of nitrogens with zero attached hydrogens (tertiary/aromatic N) is 3. The number of rotatable bonds is 7. The summed E-state index contributed by atoms with van der Waals surface area (Å²) in [6.07, 6.45) is 1.79. The molecule has 0 heterocycles. The fourth-order valence-corrected chi connectivity index (χ4v) is 1.43. The molecule has 0 spiro atoms. The smallest absolute Gasteiger partial charge is 0.0638 e. The Bertz CT molecular complexity index is 172. The van der Waals surface area contributed by atoms with E-state index < -0.39 is 0 Å². The minimum Gasteiger partial charge on any atom is -0.308 e. The third kappa shape index (κ3) is 5.95. The van der Waals surface area contributed by atoms with Crippen LogP contribution in [-0.2, 0) is 0 Å². The molecule has 0 fully saturated rings. The van der Waals surface area contributed by atoms with Gasteiger partial charge in [0.15, 0.2) is 0 Å². The van der Waals surface area contributed by atoms with Gasteiger partial charge in [-0.25, -0.2) is 0 Å². The van der Waals surface area contributed by atoms with Gasteiger partial charge in [0.1, 0.15) is 0 Å². The summed E-state index contributed by atoms with van der Waals surface area (Å²) >= 11 is 0. The third-order valence-corrected chi connectivity index (χ3v) is 2.36. The first-order valence-corrected chi connectivity index (χ1v) is 5.37. The van der Waals surface area contributed by atoms with Crippen LogP contribution in [0.1, 0.15) is 26.7 Å². The molecule has 0 radical (unpaired) electrons. The van der Waals surface area contributed by atoms with Crippen LogP contribution in [0.25, 0.3) is 0 Å². The number of nitriles is 1. The normalized spacial score (nSPS) is 13.2. The standard InChI is InChI=1S/C11H23N3/c1-5-8-14(10-9-13(3)4)11(2)6-7-12/h11H,5-6,8-10H2,1-4H3. The quantitative estimate of drug-likeness (QED) is 0.620. The van der Waals surface area contributed by atoms with E-state index in [0.717, 1.165) is 26.1 Å². The molecule has 1 atom stereocenters. The van der Waals surface area contributed by atoms with E-state index in [1.165, 1.54) is 0 Å². The van der Waals surface area contributed by atoms with Crippen molar-refractivity contribution in [3.63, 3.8) is 0 Å². The van der Waals surface area contributed by atoms with Gasteiger partial charge in [0.2, 0.25) is 0 Å². The Hall–Kier alpha value is -0.590. The van der Waals surface area contributed by atoms with Crippen molar-refractivity contribution in [3.8, 4) is 6.07 Å². The predicted molar refractivity (Wildman–Crippen MR) is 60.1 cm³/mol. The Balaban J connectivity index is 3.94. The van der Waals surface area contributed by atoms with Crippen molar-refractivity contribution in [1.82, 2.24) is 9.80 Å². The SMILES string of the molecule is CCCN(CCN(C)C)C(C)CC#N. The highest BCUT2D eigenvalue weighted by atomic mass is 15.2. The Kier molecular flexibility index (Phi) is 7.45. The highest BCUT2D eigenvalue weighted by molar-refractivity contribution is 4.79. The largest absolute Gasteiger partial charge is 0.308 e. The maximum Gasteiger partial charge on any atom is 0.0638 e. The average Bonchev–Trinajstić information content (AvgIpc) is 2.12. The fraction of sp³-hybridized carbons (Fsp3) is 0.909. The summed E-state index contributed by atoms with van der Waals surface area (Å²) < 4.78 is 0. The average molecular weight is 197 g/mol. The summed E-state index contributed by atoms with van der Waals surface area (Å²) in [5.41, 5.74) is 0. The van der Waals surface area contributed by atoms with Crippen molar-refractivity contribution < 1.29 is 0 Å². The molecule has 0 N–H and O–H groups in total. The first-order chi connectivity index (χ1) is 6.61. The van der Waals surface area contributed by atoms with Gasteiger partial charge in [-0.2, -0.15) is 5.26 Å². The lowest BCUT2D eigenvalue weighted by molar-refractivity contribution is 0.191. The van der Waals surface area contributed by atoms with Crippen LogP contribution >= 0.6 is 0 Å². The van der Waals surface area contributed by atoms with Crippen molar-refractivity contribution >= 4 is 0 Å². The van der Waals surface area contributed by atoms with Gasteiger partial charge in [0, 0.05) is 19.1 Å². The molecule has 0 amide bonds. The van der Waals surface area contributed by atoms with Crippen molar-refractivity contribution in [2.45, 2.75) is 32.7 Å². The van der Waals surface area contributed by atoms with Gasteiger partial charge in [-0.1, -0.05) is 6.92 Å². The Morgan fingerprint density at radius 3 is 2.29 bits per heavy atom. The second-order valence-corrected chi connectivity index (χ2v) is 4.05. The molecule has 0 rings (SSSR count). The van der Waals surface area contributed by atoms with Crippen LogP contribution in [0.2, 0.25) is 0 Å². The Morgan fingerprint density at radius 2 is 1.86 bits per heavy atom. The van der Waals surface area contributed by atoms with Crippen LogP contribution in [0.4, 0.5) is 0 Å². The molecule has 0 aliphatic carbocycles. The maximum absolute atomic E-state index is 8.64. The van der Waals surface area contributed by atoms with Gasteiger partial charge in [0.05, 0.1) is 12.5 Å². The summed E-state index contributed by atoms with van der Waals surface area (Å²) in [6.45, 7) is 7.53. The summed E-state index contributed by atoms with van der Waals surface area (Å²) in [5.74, 6) is 0. The van der Waals surface area contributed by atoms with E-state index in [2.05, 4.69) is 43.8 Å². The summed E-state index contributed by atoms with van der Waals surface area (Å²) in [7, 11) is 4.16. The fourth-order valence-electron chi connectivity index (χ4n) is 1.43. The summed E-state index contributed by atoms with van der Waals surface area (Å²) in [6, 6.07) is 2.63. The molecule has 0 aromatic heterocycles. The molecular weight excluding hydrogens is 174 g/mol. The Labute approximate surface area is 88.3 Å². The van der Waals surface area contributed by atoms with Crippen LogP contribution in [-0.4, -0.2) is 49.6 Å². The van der Waals surface area contributed by atoms with E-state index in [1.807, 2.05) is 0 Å². The van der Waals surface area contributed by atoms with Crippen molar-refractivity contribution in [2.75, 3.05) is 33.7 Å². The van der Waals surface area contributed by atoms with E-state index in [0.29, 0.717) is 12.5 Å². The van der Waals surface area contributed by atoms with Crippen LogP contribution < -0.4 is 0 Å². The minimum absolute atomic E-state index is 0.389. The third-order valence-electron chi connectivity index (χ3n) is 2.36. The van der Waals surface area contributed by atoms with Gasteiger partial charge in [-0.15, -0.1) is 0 Å². The van der Waals surface area contributed by atoms with E-state index in [-0.39, 0.29) is 0 Å². The highest BCUT2D eigenvalue weighted by Gasteiger charge is 2.12. The number of hydrogen-bond donors (Lipinski definition) is 0. The summed E-state index contributed by atoms with van der Waals surface area (Å²) in [4.78, 5) is 4.57. The van der Waals surface area contributed by atoms with Crippen molar-refractivity contribution in [2.24, 2.45) is 0 Å². The molecule has 0 aromatic carbocycles. The molecule has 0 aromatic rings. The predicted octanol–water partition coefficient (Wildman–Crippen LogP) is 1.56. The molecule has 0 aliphatic rings. The van der Waals surface area contributed by atoms with Crippen LogP contribution in [0, 0.1) is 11.3 Å². The Morgan fingerprint density at radius 1 is 1.21 bits per heavy atom. The highest BCUT2D eigenvalue weighted by Crippen LogP contribution is 2.03. The number of hydrogen-bond acceptors (Lipinski definition) is 3. The molecule has 3 heteroatoms. The molecule has 0 saturated carbocycles. The minimum atomic E-state index is 0.389. The lowest BCUT2D eigenvalue weighted by Crippen LogP contribution is -2.38. The van der Waals surface area contributed by atoms with Crippen molar-refractivity contribution in [1.29, 1.82) is 5.26 Å². The van der Waals surface area contributed by atoms with Crippen LogP contribution in [0.5, 0.6) is 0 Å². The van der Waals surface area contributed by atoms with Gasteiger partial charge in [0.25, 0.3) is 0 Å². The second kappa shape index (κ2) is 7.78. The molecule has 14 heavy (non-hydrogen) atoms. The van der Waals surface area contributed by atoms with Gasteiger partial charge < -0.3 is 4.90 Å². The molecular formula is C11H23N3. The second-order valence-electron chi connectivity index (χ2n) is 4.05. The zero-order valence-corrected chi connectivity index (χ0v) is 9.95. The number of likely N-dealkylation sites (N-methyl/N-ethyl adjacent to an activating group) is 1. The maximum atomic E-state index is 8.64. The lowest BCUT2D eigenvalue weighted by Gasteiger charge is -2.28. The van der Waals surface area contributed by atoms with Crippen molar-refractivity contribution in [3.05, 3.63) is 0 Å². The monoisotopic (exact) mass is 197 g/mol. The zero-order chi connectivity index (χ0) is 11.0. The lowest BCUT2D eigenvalue weighted by atomic mass is 10.2. The first kappa shape index (κ1) is 13.4. The van der Waals surface area contributed by atoms with E-state index in [4.69, 9.17) is 5.26 Å². The molecule has 0 saturated heterocycles. The van der Waals surface area contributed by atoms with E-state index in [9.17, 15) is 0 Å². The van der Waals surface area contributed by atoms with Gasteiger partial charge in [-0.05, 0) is 34.0 Å². The molecule has 82 valence electrons. The van der Waals surface area contributed by atoms with E-state index >= 15 is 0 Å². The first-order valence-electron chi connectivity index (χ1n) is 5.37.